The van der Waals surface area contributed by atoms with E-state index in [1.165, 1.54) is 198 Å². The molecule has 0 amide bonds. The highest BCUT2D eigenvalue weighted by Gasteiger charge is 2.22. The highest BCUT2D eigenvalue weighted by atomic mass is 15.0. The normalized spacial score (nSPS) is 11.8. The van der Waals surface area contributed by atoms with E-state index in [1.807, 2.05) is 0 Å². The number of benzene rings is 19. The zero-order valence-electron chi connectivity index (χ0n) is 61.2. The monoisotopic (exact) mass is 1420 g/mol. The molecule has 0 N–H and O–H groups in total. The quantitative estimate of drug-likeness (QED) is 0.122. The number of hydrogen-bond acceptors (Lipinski definition) is 0. The number of para-hydroxylation sites is 6. The minimum absolute atomic E-state index is 1.15. The third-order valence-electron chi connectivity index (χ3n) is 23.2. The Bertz CT molecular complexity index is 7610. The first-order chi connectivity index (χ1) is 55.6. The molecule has 0 aliphatic heterocycles. The second-order valence-corrected chi connectivity index (χ2v) is 29.5. The summed E-state index contributed by atoms with van der Waals surface area (Å²) in [4.78, 5) is 0. The molecule has 112 heavy (non-hydrogen) atoms. The lowest BCUT2D eigenvalue weighted by molar-refractivity contribution is 1.18. The van der Waals surface area contributed by atoms with Gasteiger partial charge in [-0.05, 0) is 197 Å². The zero-order valence-corrected chi connectivity index (χ0v) is 61.2. The third-order valence-corrected chi connectivity index (χ3v) is 23.2. The Morgan fingerprint density at radius 1 is 0.134 bits per heavy atom. The van der Waals surface area contributed by atoms with Crippen LogP contribution in [0.4, 0.5) is 0 Å². The van der Waals surface area contributed by atoms with E-state index < -0.39 is 0 Å². The number of nitrogens with zero attached hydrogens (tertiary/aromatic N) is 4. The molecule has 0 radical (unpaired) electrons. The van der Waals surface area contributed by atoms with E-state index >= 15 is 0 Å². The van der Waals surface area contributed by atoms with E-state index in [0.29, 0.717) is 0 Å². The van der Waals surface area contributed by atoms with Crippen molar-refractivity contribution in [3.8, 4) is 89.5 Å². The fraction of sp³-hybridized carbons (Fsp3) is 0. The van der Waals surface area contributed by atoms with Gasteiger partial charge in [0.1, 0.15) is 0 Å². The molecule has 0 saturated heterocycles. The first-order valence-electron chi connectivity index (χ1n) is 38.6. The van der Waals surface area contributed by atoms with E-state index in [9.17, 15) is 0 Å². The molecular weight excluding hydrogens is 1350 g/mol. The Morgan fingerprint density at radius 2 is 0.446 bits per heavy atom. The molecule has 0 atom stereocenters. The van der Waals surface area contributed by atoms with Gasteiger partial charge in [-0.25, -0.2) is 0 Å². The second-order valence-electron chi connectivity index (χ2n) is 29.5. The Labute approximate surface area is 647 Å². The predicted molar refractivity (Wildman–Crippen MR) is 475 cm³/mol. The smallest absolute Gasteiger partial charge is 0.0547 e. The largest absolute Gasteiger partial charge is 0.309 e. The van der Waals surface area contributed by atoms with E-state index in [1.54, 1.807) is 0 Å². The lowest BCUT2D eigenvalue weighted by Crippen LogP contribution is -1.97. The molecule has 0 fully saturated rings. The highest BCUT2D eigenvalue weighted by Crippen LogP contribution is 2.45. The van der Waals surface area contributed by atoms with Gasteiger partial charge in [-0.1, -0.05) is 315 Å². The summed E-state index contributed by atoms with van der Waals surface area (Å²) < 4.78 is 9.72. The molecule has 0 aliphatic carbocycles. The first-order valence-corrected chi connectivity index (χ1v) is 38.6. The molecule has 0 unspecified atom stereocenters. The summed E-state index contributed by atoms with van der Waals surface area (Å²) in [6.07, 6.45) is 0. The molecule has 4 aromatic heterocycles. The zero-order chi connectivity index (χ0) is 73.7. The molecule has 23 aromatic rings. The van der Waals surface area contributed by atoms with Crippen LogP contribution in [0.2, 0.25) is 0 Å². The summed E-state index contributed by atoms with van der Waals surface area (Å²) >= 11 is 0. The molecule has 0 saturated carbocycles. The molecular formula is C108H70N4. The molecule has 4 heterocycles. The molecule has 19 aromatic carbocycles. The van der Waals surface area contributed by atoms with Crippen molar-refractivity contribution in [2.45, 2.75) is 0 Å². The molecule has 522 valence electrons. The van der Waals surface area contributed by atoms with E-state index in [4.69, 9.17) is 0 Å². The highest BCUT2D eigenvalue weighted by molar-refractivity contribution is 6.17. The summed E-state index contributed by atoms with van der Waals surface area (Å²) in [6, 6.07) is 155. The standard InChI is InChI=1S/C56H36N2.C52H34N2/c1-2-14-37(15-3-1)44-18-8-11-23-51(44)58-53-25-13-9-21-47(53)49-32-28-40(36-55(49)58)39-29-33-54-50(35-39)48-22-10-12-24-52(48)57(54)43-30-26-38(27-31-43)56-45-19-6-4-16-41(45)34-42-17-5-7-20-46(42)56;1-2-13-37(14-3-1)43-16-6-9-19-48(43)54-50-21-11-7-17-44(50)46-30-26-41(34-52(46)54)40-27-31-51-47(33-40)45-18-8-10-20-49(45)53(51)42-28-24-36(25-29-42)39-23-22-35-12-4-5-15-38(35)32-39/h1-36H;1-34H. The van der Waals surface area contributed by atoms with Gasteiger partial charge in [0.05, 0.1) is 55.5 Å². The van der Waals surface area contributed by atoms with Crippen molar-refractivity contribution in [1.82, 2.24) is 18.3 Å². The number of aromatic nitrogens is 4. The molecule has 4 heteroatoms. The van der Waals surface area contributed by atoms with Crippen molar-refractivity contribution in [3.05, 3.63) is 425 Å². The minimum Gasteiger partial charge on any atom is -0.309 e. The number of rotatable bonds is 10. The fourth-order valence-corrected chi connectivity index (χ4v) is 18.0. The summed E-state index contributed by atoms with van der Waals surface area (Å²) in [5.74, 6) is 0. The molecule has 23 rings (SSSR count). The van der Waals surface area contributed by atoms with Gasteiger partial charge in [-0.3, -0.25) is 0 Å². The average molecular weight is 1420 g/mol. The van der Waals surface area contributed by atoms with Crippen LogP contribution < -0.4 is 0 Å². The Hall–Kier alpha value is -14.8. The molecule has 0 spiro atoms. The predicted octanol–water partition coefficient (Wildman–Crippen LogP) is 29.2. The topological polar surface area (TPSA) is 19.7 Å². The van der Waals surface area contributed by atoms with Gasteiger partial charge in [0.25, 0.3) is 0 Å². The van der Waals surface area contributed by atoms with Gasteiger partial charge < -0.3 is 18.3 Å². The van der Waals surface area contributed by atoms with Crippen molar-refractivity contribution in [1.29, 1.82) is 0 Å². The summed E-state index contributed by atoms with van der Waals surface area (Å²) in [7, 11) is 0. The van der Waals surface area contributed by atoms with Crippen LogP contribution in [0.25, 0.3) is 209 Å². The van der Waals surface area contributed by atoms with E-state index in [2.05, 4.69) is 443 Å². The average Bonchev–Trinajstić information content (AvgIpc) is 1.46. The lowest BCUT2D eigenvalue weighted by Gasteiger charge is -2.14. The molecule has 0 aliphatic rings. The van der Waals surface area contributed by atoms with Gasteiger partial charge in [0.15, 0.2) is 0 Å². The van der Waals surface area contributed by atoms with Gasteiger partial charge >= 0.3 is 0 Å². The van der Waals surface area contributed by atoms with Crippen molar-refractivity contribution < 1.29 is 0 Å². The van der Waals surface area contributed by atoms with Crippen LogP contribution in [0.1, 0.15) is 0 Å². The summed E-state index contributed by atoms with van der Waals surface area (Å²) in [6.45, 7) is 0. The maximum atomic E-state index is 2.45. The number of hydrogen-bond donors (Lipinski definition) is 0. The van der Waals surface area contributed by atoms with Crippen molar-refractivity contribution in [2.24, 2.45) is 0 Å². The SMILES string of the molecule is c1ccc(-c2ccccc2-n2c3ccccc3c3ccc(-c4ccc5c(c4)c4ccccc4n5-c4ccc(-c5c6ccccc6cc6ccccc56)cc4)cc32)cc1.c1ccc(-c2ccccc2-n2c3ccccc3c3ccc(-c4ccc5c(c4)c4ccccc4n5-c4ccc(-c5ccc6ccccc6c5)cc4)cc32)cc1. The third kappa shape index (κ3) is 10.7. The van der Waals surface area contributed by atoms with Gasteiger partial charge in [-0.2, -0.15) is 0 Å². The van der Waals surface area contributed by atoms with E-state index in [0.717, 1.165) is 11.4 Å². The van der Waals surface area contributed by atoms with Crippen LogP contribution in [0.3, 0.4) is 0 Å². The van der Waals surface area contributed by atoms with Crippen LogP contribution in [-0.2, 0) is 0 Å². The Morgan fingerprint density at radius 3 is 0.920 bits per heavy atom. The van der Waals surface area contributed by atoms with Crippen molar-refractivity contribution >= 4 is 120 Å². The van der Waals surface area contributed by atoms with E-state index in [-0.39, 0.29) is 0 Å². The Kier molecular flexibility index (Phi) is 15.2. The van der Waals surface area contributed by atoms with Crippen molar-refractivity contribution in [3.63, 3.8) is 0 Å². The van der Waals surface area contributed by atoms with Crippen LogP contribution >= 0.6 is 0 Å². The summed E-state index contributed by atoms with van der Waals surface area (Å²) in [5, 5.41) is 17.6. The summed E-state index contributed by atoms with van der Waals surface area (Å²) in [5.41, 5.74) is 28.8. The van der Waals surface area contributed by atoms with Gasteiger partial charge in [0, 0.05) is 65.6 Å². The van der Waals surface area contributed by atoms with Crippen LogP contribution in [-0.4, -0.2) is 18.3 Å². The van der Waals surface area contributed by atoms with Gasteiger partial charge in [0.2, 0.25) is 0 Å². The Balaban J connectivity index is 0.000000138. The van der Waals surface area contributed by atoms with Gasteiger partial charge in [-0.15, -0.1) is 0 Å². The van der Waals surface area contributed by atoms with Crippen LogP contribution in [0, 0.1) is 0 Å². The lowest BCUT2D eigenvalue weighted by atomic mass is 9.92. The maximum Gasteiger partial charge on any atom is 0.0547 e. The first kappa shape index (κ1) is 64.3. The molecule has 0 bridgehead atoms. The van der Waals surface area contributed by atoms with Crippen LogP contribution in [0.15, 0.2) is 425 Å². The fourth-order valence-electron chi connectivity index (χ4n) is 18.0. The molecule has 4 nitrogen and oxygen atoms in total. The second kappa shape index (κ2) is 26.5. The number of fused-ring (bicyclic) bond motifs is 15. The minimum atomic E-state index is 1.15. The maximum absolute atomic E-state index is 2.45. The van der Waals surface area contributed by atoms with Crippen molar-refractivity contribution in [2.75, 3.05) is 0 Å². The van der Waals surface area contributed by atoms with Crippen LogP contribution in [0.5, 0.6) is 0 Å².